The van der Waals surface area contributed by atoms with Crippen LogP contribution in [-0.4, -0.2) is 43.0 Å². The van der Waals surface area contributed by atoms with Crippen LogP contribution < -0.4 is 10.6 Å². The molecule has 0 saturated carbocycles. The van der Waals surface area contributed by atoms with Crippen LogP contribution in [0.2, 0.25) is 0 Å². The van der Waals surface area contributed by atoms with Crippen molar-refractivity contribution in [3.63, 3.8) is 0 Å². The van der Waals surface area contributed by atoms with Crippen molar-refractivity contribution >= 4 is 11.9 Å². The number of rotatable bonds is 2. The van der Waals surface area contributed by atoms with Gasteiger partial charge in [0, 0.05) is 19.6 Å². The van der Waals surface area contributed by atoms with Crippen molar-refractivity contribution in [1.82, 2.24) is 15.5 Å². The Kier molecular flexibility index (Phi) is 3.73. The van der Waals surface area contributed by atoms with Crippen LogP contribution in [0.3, 0.4) is 0 Å². The highest BCUT2D eigenvalue weighted by atomic mass is 16.2. The largest absolute Gasteiger partial charge is 0.353 e. The molecule has 0 aliphatic carbocycles. The monoisotopic (exact) mass is 199 g/mol. The summed E-state index contributed by atoms with van der Waals surface area (Å²) in [4.78, 5) is 24.0. The number of nitrogens with one attached hydrogen (secondary N) is 2. The molecule has 0 aromatic rings. The van der Waals surface area contributed by atoms with Crippen molar-refractivity contribution in [1.29, 1.82) is 0 Å². The average molecular weight is 199 g/mol. The minimum absolute atomic E-state index is 0.0871. The molecular formula is C9H17N3O2. The van der Waals surface area contributed by atoms with Crippen molar-refractivity contribution in [2.24, 2.45) is 5.92 Å². The van der Waals surface area contributed by atoms with Gasteiger partial charge in [-0.15, -0.1) is 0 Å². The molecule has 0 aromatic carbocycles. The number of carbonyl (C=O) groups excluding carboxylic acids is 2. The highest BCUT2D eigenvalue weighted by Crippen LogP contribution is 1.95. The second-order valence-corrected chi connectivity index (χ2v) is 3.85. The van der Waals surface area contributed by atoms with E-state index in [-0.39, 0.29) is 18.5 Å². The molecule has 1 aliphatic rings. The molecule has 5 nitrogen and oxygen atoms in total. The number of hydrogen-bond acceptors (Lipinski definition) is 2. The second kappa shape index (κ2) is 4.83. The van der Waals surface area contributed by atoms with E-state index >= 15 is 0 Å². The molecule has 2 N–H and O–H groups in total. The van der Waals surface area contributed by atoms with Gasteiger partial charge in [0.05, 0.1) is 0 Å². The maximum atomic E-state index is 11.5. The molecule has 3 amide bonds. The van der Waals surface area contributed by atoms with Gasteiger partial charge in [-0.05, 0) is 5.92 Å². The quantitative estimate of drug-likeness (QED) is 0.646. The van der Waals surface area contributed by atoms with Crippen LogP contribution in [-0.2, 0) is 4.79 Å². The SMILES string of the molecule is CC(C)CNC(=O)N1CCNC(=O)C1. The predicted octanol–water partition coefficient (Wildman–Crippen LogP) is -0.216. The van der Waals surface area contributed by atoms with E-state index < -0.39 is 0 Å². The van der Waals surface area contributed by atoms with E-state index in [0.717, 1.165) is 0 Å². The first-order valence-electron chi connectivity index (χ1n) is 4.89. The lowest BCUT2D eigenvalue weighted by Gasteiger charge is -2.27. The highest BCUT2D eigenvalue weighted by molar-refractivity contribution is 5.85. The molecule has 5 heteroatoms. The number of hydrogen-bond donors (Lipinski definition) is 2. The third kappa shape index (κ3) is 3.24. The fourth-order valence-corrected chi connectivity index (χ4v) is 1.22. The molecular weight excluding hydrogens is 182 g/mol. The highest BCUT2D eigenvalue weighted by Gasteiger charge is 2.20. The number of amides is 3. The second-order valence-electron chi connectivity index (χ2n) is 3.85. The minimum atomic E-state index is -0.145. The van der Waals surface area contributed by atoms with E-state index in [4.69, 9.17) is 0 Å². The molecule has 1 rings (SSSR count). The van der Waals surface area contributed by atoms with Crippen LogP contribution >= 0.6 is 0 Å². The predicted molar refractivity (Wildman–Crippen MR) is 52.8 cm³/mol. The maximum absolute atomic E-state index is 11.5. The maximum Gasteiger partial charge on any atom is 0.317 e. The van der Waals surface area contributed by atoms with E-state index in [1.165, 1.54) is 4.90 Å². The Hall–Kier alpha value is -1.26. The number of carbonyl (C=O) groups is 2. The molecule has 0 bridgehead atoms. The molecule has 80 valence electrons. The summed E-state index contributed by atoms with van der Waals surface area (Å²) in [6.45, 7) is 6.02. The van der Waals surface area contributed by atoms with Crippen molar-refractivity contribution in [3.05, 3.63) is 0 Å². The van der Waals surface area contributed by atoms with Crippen LogP contribution in [0.4, 0.5) is 4.79 Å². The van der Waals surface area contributed by atoms with E-state index in [1.807, 2.05) is 13.8 Å². The standard InChI is InChI=1S/C9H17N3O2/c1-7(2)5-11-9(14)12-4-3-10-8(13)6-12/h7H,3-6H2,1-2H3,(H,10,13)(H,11,14). The zero-order chi connectivity index (χ0) is 10.6. The Morgan fingerprint density at radius 2 is 2.36 bits per heavy atom. The molecule has 0 aromatic heterocycles. The smallest absolute Gasteiger partial charge is 0.317 e. The van der Waals surface area contributed by atoms with Gasteiger partial charge in [0.1, 0.15) is 6.54 Å². The first-order chi connectivity index (χ1) is 6.59. The van der Waals surface area contributed by atoms with Gasteiger partial charge in [-0.25, -0.2) is 4.79 Å². The van der Waals surface area contributed by atoms with E-state index in [1.54, 1.807) is 0 Å². The molecule has 0 unspecified atom stereocenters. The third-order valence-corrected chi connectivity index (χ3v) is 1.99. The average Bonchev–Trinajstić information content (AvgIpc) is 2.14. The molecule has 1 fully saturated rings. The van der Waals surface area contributed by atoms with Crippen LogP contribution in [0.5, 0.6) is 0 Å². The van der Waals surface area contributed by atoms with Gasteiger partial charge < -0.3 is 15.5 Å². The summed E-state index contributed by atoms with van der Waals surface area (Å²) < 4.78 is 0. The van der Waals surface area contributed by atoms with Crippen molar-refractivity contribution in [3.8, 4) is 0 Å². The Labute approximate surface area is 83.8 Å². The van der Waals surface area contributed by atoms with Gasteiger partial charge in [-0.2, -0.15) is 0 Å². The summed E-state index contributed by atoms with van der Waals surface area (Å²) in [6.07, 6.45) is 0. The van der Waals surface area contributed by atoms with Gasteiger partial charge in [0.25, 0.3) is 0 Å². The van der Waals surface area contributed by atoms with Gasteiger partial charge in [-0.1, -0.05) is 13.8 Å². The summed E-state index contributed by atoms with van der Waals surface area (Å²) in [6, 6.07) is -0.145. The molecule has 14 heavy (non-hydrogen) atoms. The van der Waals surface area contributed by atoms with E-state index in [9.17, 15) is 9.59 Å². The zero-order valence-electron chi connectivity index (χ0n) is 8.67. The normalized spacial score (nSPS) is 16.8. The summed E-state index contributed by atoms with van der Waals surface area (Å²) in [5, 5.41) is 5.45. The summed E-state index contributed by atoms with van der Waals surface area (Å²) in [7, 11) is 0. The molecule has 0 spiro atoms. The van der Waals surface area contributed by atoms with Crippen LogP contribution in [0.15, 0.2) is 0 Å². The molecule has 1 aliphatic heterocycles. The molecule has 0 radical (unpaired) electrons. The van der Waals surface area contributed by atoms with Gasteiger partial charge >= 0.3 is 6.03 Å². The lowest BCUT2D eigenvalue weighted by Crippen LogP contribution is -2.53. The fraction of sp³-hybridized carbons (Fsp3) is 0.778. The van der Waals surface area contributed by atoms with Crippen molar-refractivity contribution in [2.45, 2.75) is 13.8 Å². The lowest BCUT2D eigenvalue weighted by atomic mass is 10.2. The van der Waals surface area contributed by atoms with Gasteiger partial charge in [-0.3, -0.25) is 4.79 Å². The lowest BCUT2D eigenvalue weighted by molar-refractivity contribution is -0.123. The molecule has 0 atom stereocenters. The topological polar surface area (TPSA) is 61.4 Å². The first kappa shape index (κ1) is 10.8. The first-order valence-corrected chi connectivity index (χ1v) is 4.89. The Morgan fingerprint density at radius 1 is 1.64 bits per heavy atom. The van der Waals surface area contributed by atoms with Crippen molar-refractivity contribution < 1.29 is 9.59 Å². The van der Waals surface area contributed by atoms with Crippen molar-refractivity contribution in [2.75, 3.05) is 26.2 Å². The minimum Gasteiger partial charge on any atom is -0.353 e. The van der Waals surface area contributed by atoms with E-state index in [0.29, 0.717) is 25.6 Å². The summed E-state index contributed by atoms with van der Waals surface area (Å²) in [5.74, 6) is 0.341. The van der Waals surface area contributed by atoms with Crippen LogP contribution in [0.1, 0.15) is 13.8 Å². The Morgan fingerprint density at radius 3 is 2.93 bits per heavy atom. The summed E-state index contributed by atoms with van der Waals surface area (Å²) in [5.41, 5.74) is 0. The zero-order valence-corrected chi connectivity index (χ0v) is 8.67. The van der Waals surface area contributed by atoms with Gasteiger partial charge in [0.2, 0.25) is 5.91 Å². The summed E-state index contributed by atoms with van der Waals surface area (Å²) >= 11 is 0. The molecule has 1 saturated heterocycles. The third-order valence-electron chi connectivity index (χ3n) is 1.99. The van der Waals surface area contributed by atoms with Crippen LogP contribution in [0.25, 0.3) is 0 Å². The number of urea groups is 1. The Bertz CT molecular complexity index is 228. The number of nitrogens with zero attached hydrogens (tertiary/aromatic N) is 1. The number of piperazine rings is 1. The van der Waals surface area contributed by atoms with Crippen LogP contribution in [0, 0.1) is 5.92 Å². The van der Waals surface area contributed by atoms with E-state index in [2.05, 4.69) is 10.6 Å². The van der Waals surface area contributed by atoms with Gasteiger partial charge in [0.15, 0.2) is 0 Å². The Balaban J connectivity index is 2.32. The fourth-order valence-electron chi connectivity index (χ4n) is 1.22. The molecule has 1 heterocycles.